The van der Waals surface area contributed by atoms with Gasteiger partial charge in [-0.25, -0.2) is 4.79 Å². The number of hydrogen-bond acceptors (Lipinski definition) is 2. The highest BCUT2D eigenvalue weighted by Gasteiger charge is 2.43. The highest BCUT2D eigenvalue weighted by Crippen LogP contribution is 2.44. The number of benzene rings is 1. The minimum absolute atomic E-state index is 0.0159. The van der Waals surface area contributed by atoms with Crippen LogP contribution in [0.4, 0.5) is 10.5 Å². The number of carbonyl (C=O) groups excluding carboxylic acids is 1. The van der Waals surface area contributed by atoms with Crippen molar-refractivity contribution in [1.29, 1.82) is 0 Å². The maximum absolute atomic E-state index is 12.2. The predicted molar refractivity (Wildman–Crippen MR) is 76.8 cm³/mol. The van der Waals surface area contributed by atoms with Crippen molar-refractivity contribution in [3.8, 4) is 0 Å². The minimum Gasteiger partial charge on any atom is -0.341 e. The second-order valence-electron chi connectivity index (χ2n) is 5.71. The van der Waals surface area contributed by atoms with E-state index in [9.17, 15) is 4.79 Å². The van der Waals surface area contributed by atoms with Crippen molar-refractivity contribution in [1.82, 2.24) is 10.2 Å². The molecule has 1 aromatic rings. The first-order chi connectivity index (χ1) is 9.11. The number of carbonyl (C=O) groups is 1. The number of nitrogens with one attached hydrogen (secondary N) is 1. The normalized spacial score (nSPS) is 25.9. The number of piperidine rings is 1. The molecule has 3 rings (SSSR count). The van der Waals surface area contributed by atoms with Crippen molar-refractivity contribution >= 4 is 11.7 Å². The van der Waals surface area contributed by atoms with E-state index in [0.29, 0.717) is 12.0 Å². The van der Waals surface area contributed by atoms with Gasteiger partial charge in [0, 0.05) is 31.2 Å². The second kappa shape index (κ2) is 4.53. The van der Waals surface area contributed by atoms with Crippen LogP contribution in [0.1, 0.15) is 23.5 Å². The van der Waals surface area contributed by atoms with Crippen molar-refractivity contribution in [3.05, 3.63) is 29.3 Å². The molecule has 102 valence electrons. The zero-order valence-corrected chi connectivity index (χ0v) is 11.8. The lowest BCUT2D eigenvalue weighted by Crippen LogP contribution is -2.49. The van der Waals surface area contributed by atoms with Crippen LogP contribution in [-0.2, 0) is 0 Å². The first kappa shape index (κ1) is 12.5. The smallest absolute Gasteiger partial charge is 0.321 e. The van der Waals surface area contributed by atoms with E-state index in [0.717, 1.165) is 25.2 Å². The van der Waals surface area contributed by atoms with Crippen molar-refractivity contribution < 1.29 is 4.79 Å². The van der Waals surface area contributed by atoms with Crippen LogP contribution in [-0.4, -0.2) is 44.2 Å². The van der Waals surface area contributed by atoms with E-state index >= 15 is 0 Å². The van der Waals surface area contributed by atoms with E-state index in [1.807, 2.05) is 4.90 Å². The van der Waals surface area contributed by atoms with Gasteiger partial charge in [0.25, 0.3) is 0 Å². The number of amides is 2. The van der Waals surface area contributed by atoms with Gasteiger partial charge < -0.3 is 10.2 Å². The highest BCUT2D eigenvalue weighted by molar-refractivity contribution is 5.95. The number of anilines is 1. The van der Waals surface area contributed by atoms with Crippen LogP contribution in [0.2, 0.25) is 0 Å². The molecular weight excluding hydrogens is 238 g/mol. The Bertz CT molecular complexity index is 514. The van der Waals surface area contributed by atoms with Crippen molar-refractivity contribution in [2.24, 2.45) is 0 Å². The molecule has 1 saturated heterocycles. The third-order valence-corrected chi connectivity index (χ3v) is 4.39. The molecule has 0 spiro atoms. The van der Waals surface area contributed by atoms with E-state index in [1.54, 1.807) is 7.05 Å². The standard InChI is InChI=1S/C15H21N3O/c1-10-4-5-13-11(8-10)12-9-17(3)7-6-14(12)18(13)15(19)16-2/h4-5,8,12,14H,6-7,9H2,1-3H3,(H,16,19)/t12-,14-/m1/s1. The molecule has 2 atom stereocenters. The van der Waals surface area contributed by atoms with Gasteiger partial charge in [-0.3, -0.25) is 4.90 Å². The number of rotatable bonds is 0. The van der Waals surface area contributed by atoms with Crippen LogP contribution in [0, 0.1) is 6.92 Å². The van der Waals surface area contributed by atoms with Crippen molar-refractivity contribution in [2.45, 2.75) is 25.3 Å². The van der Waals surface area contributed by atoms with E-state index in [2.05, 4.69) is 42.4 Å². The number of nitrogens with zero attached hydrogens (tertiary/aromatic N) is 2. The molecule has 0 unspecified atom stereocenters. The summed E-state index contributed by atoms with van der Waals surface area (Å²) in [5.41, 5.74) is 3.69. The fraction of sp³-hybridized carbons (Fsp3) is 0.533. The quantitative estimate of drug-likeness (QED) is 0.773. The summed E-state index contributed by atoms with van der Waals surface area (Å²) in [6, 6.07) is 6.76. The molecule has 1 N–H and O–H groups in total. The Morgan fingerprint density at radius 2 is 2.21 bits per heavy atom. The van der Waals surface area contributed by atoms with Crippen molar-refractivity contribution in [3.63, 3.8) is 0 Å². The molecule has 2 aliphatic heterocycles. The van der Waals surface area contributed by atoms with E-state index < -0.39 is 0 Å². The summed E-state index contributed by atoms with van der Waals surface area (Å²) in [7, 11) is 3.87. The molecule has 19 heavy (non-hydrogen) atoms. The zero-order chi connectivity index (χ0) is 13.6. The lowest BCUT2D eigenvalue weighted by atomic mass is 9.89. The summed E-state index contributed by atoms with van der Waals surface area (Å²) >= 11 is 0. The minimum atomic E-state index is 0.0159. The van der Waals surface area contributed by atoms with Crippen LogP contribution in [0.25, 0.3) is 0 Å². The van der Waals surface area contributed by atoms with E-state index in [-0.39, 0.29) is 6.03 Å². The number of likely N-dealkylation sites (N-methyl/N-ethyl adjacent to an activating group) is 1. The van der Waals surface area contributed by atoms with Crippen LogP contribution in [0.15, 0.2) is 18.2 Å². The van der Waals surface area contributed by atoms with Gasteiger partial charge in [0.05, 0.1) is 0 Å². The summed E-state index contributed by atoms with van der Waals surface area (Å²) in [6.45, 7) is 4.21. The molecule has 2 aliphatic rings. The largest absolute Gasteiger partial charge is 0.341 e. The Kier molecular flexibility index (Phi) is 2.97. The molecule has 0 aliphatic carbocycles. The van der Waals surface area contributed by atoms with Crippen LogP contribution < -0.4 is 10.2 Å². The molecule has 2 heterocycles. The number of urea groups is 1. The maximum Gasteiger partial charge on any atom is 0.321 e. The zero-order valence-electron chi connectivity index (χ0n) is 11.8. The summed E-state index contributed by atoms with van der Waals surface area (Å²) in [5.74, 6) is 0.450. The summed E-state index contributed by atoms with van der Waals surface area (Å²) < 4.78 is 0. The van der Waals surface area contributed by atoms with Gasteiger partial charge in [0.2, 0.25) is 0 Å². The summed E-state index contributed by atoms with van der Waals surface area (Å²) in [5, 5.41) is 2.78. The van der Waals surface area contributed by atoms with Crippen LogP contribution in [0.5, 0.6) is 0 Å². The van der Waals surface area contributed by atoms with Gasteiger partial charge in [-0.05, 0) is 38.6 Å². The second-order valence-corrected chi connectivity index (χ2v) is 5.71. The topological polar surface area (TPSA) is 35.6 Å². The lowest BCUT2D eigenvalue weighted by molar-refractivity contribution is 0.220. The predicted octanol–water partition coefficient (Wildman–Crippen LogP) is 1.94. The van der Waals surface area contributed by atoms with Gasteiger partial charge in [-0.1, -0.05) is 17.7 Å². The molecular formula is C15H21N3O. The van der Waals surface area contributed by atoms with Gasteiger partial charge in [0.15, 0.2) is 0 Å². The Balaban J connectivity index is 2.06. The molecule has 0 bridgehead atoms. The third-order valence-electron chi connectivity index (χ3n) is 4.39. The number of aryl methyl sites for hydroxylation is 1. The molecule has 0 saturated carbocycles. The van der Waals surface area contributed by atoms with Crippen molar-refractivity contribution in [2.75, 3.05) is 32.1 Å². The third kappa shape index (κ3) is 1.91. The van der Waals surface area contributed by atoms with Gasteiger partial charge in [-0.2, -0.15) is 0 Å². The van der Waals surface area contributed by atoms with Crippen LogP contribution >= 0.6 is 0 Å². The molecule has 1 fully saturated rings. The molecule has 2 amide bonds. The monoisotopic (exact) mass is 259 g/mol. The lowest BCUT2D eigenvalue weighted by Gasteiger charge is -2.36. The summed E-state index contributed by atoms with van der Waals surface area (Å²) in [4.78, 5) is 16.5. The number of likely N-dealkylation sites (tertiary alicyclic amines) is 1. The fourth-order valence-electron chi connectivity index (χ4n) is 3.47. The molecule has 1 aromatic carbocycles. The first-order valence-corrected chi connectivity index (χ1v) is 6.92. The Hall–Kier alpha value is -1.55. The maximum atomic E-state index is 12.2. The average Bonchev–Trinajstić information content (AvgIpc) is 2.71. The van der Waals surface area contributed by atoms with E-state index in [1.165, 1.54) is 11.1 Å². The number of fused-ring (bicyclic) bond motifs is 3. The molecule has 0 aromatic heterocycles. The molecule has 4 nitrogen and oxygen atoms in total. The fourth-order valence-corrected chi connectivity index (χ4v) is 3.47. The Labute approximate surface area is 114 Å². The van der Waals surface area contributed by atoms with Gasteiger partial charge >= 0.3 is 6.03 Å². The van der Waals surface area contributed by atoms with Gasteiger partial charge in [-0.15, -0.1) is 0 Å². The molecule has 4 heteroatoms. The number of hydrogen-bond donors (Lipinski definition) is 1. The Morgan fingerprint density at radius 1 is 1.42 bits per heavy atom. The highest BCUT2D eigenvalue weighted by atomic mass is 16.2. The molecule has 0 radical (unpaired) electrons. The Morgan fingerprint density at radius 3 is 2.95 bits per heavy atom. The SMILES string of the molecule is CNC(=O)N1c2ccc(C)cc2[C@H]2CN(C)CC[C@H]21. The van der Waals surface area contributed by atoms with Gasteiger partial charge in [0.1, 0.15) is 0 Å². The first-order valence-electron chi connectivity index (χ1n) is 6.92. The average molecular weight is 259 g/mol. The summed E-state index contributed by atoms with van der Waals surface area (Å²) in [6.07, 6.45) is 1.04. The van der Waals surface area contributed by atoms with Crippen LogP contribution in [0.3, 0.4) is 0 Å². The van der Waals surface area contributed by atoms with E-state index in [4.69, 9.17) is 0 Å².